The average molecular weight is 246 g/mol. The molecule has 0 aliphatic rings. The second-order valence-corrected chi connectivity index (χ2v) is 3.64. The van der Waals surface area contributed by atoms with Crippen molar-refractivity contribution in [3.63, 3.8) is 0 Å². The molecule has 2 rings (SSSR count). The van der Waals surface area contributed by atoms with Gasteiger partial charge in [0.25, 0.3) is 5.69 Å². The summed E-state index contributed by atoms with van der Waals surface area (Å²) in [7, 11) is 0. The van der Waals surface area contributed by atoms with Crippen molar-refractivity contribution in [1.82, 2.24) is 9.55 Å². The third-order valence-corrected chi connectivity index (χ3v) is 2.49. The van der Waals surface area contributed by atoms with Gasteiger partial charge in [-0.2, -0.15) is 0 Å². The van der Waals surface area contributed by atoms with Crippen molar-refractivity contribution in [2.24, 2.45) is 0 Å². The van der Waals surface area contributed by atoms with E-state index in [9.17, 15) is 14.9 Å². The molecule has 0 fully saturated rings. The summed E-state index contributed by atoms with van der Waals surface area (Å²) in [4.78, 5) is 25.2. The number of para-hydroxylation sites is 1. The zero-order chi connectivity index (χ0) is 13.1. The van der Waals surface area contributed by atoms with E-state index in [0.717, 1.165) is 0 Å². The normalized spacial score (nSPS) is 10.2. The van der Waals surface area contributed by atoms with Crippen molar-refractivity contribution in [1.29, 1.82) is 0 Å². The molecule has 0 saturated carbocycles. The third kappa shape index (κ3) is 2.19. The second-order valence-electron chi connectivity index (χ2n) is 3.64. The minimum Gasteiger partial charge on any atom is -0.393 e. The second kappa shape index (κ2) is 4.66. The Morgan fingerprint density at radius 2 is 2.17 bits per heavy atom. The molecule has 92 valence electrons. The summed E-state index contributed by atoms with van der Waals surface area (Å²) in [6.45, 7) is 0.153. The summed E-state index contributed by atoms with van der Waals surface area (Å²) in [6, 6.07) is 6.10. The van der Waals surface area contributed by atoms with Crippen LogP contribution in [0, 0.1) is 10.1 Å². The topological polar surface area (TPSA) is 104 Å². The number of rotatable bonds is 3. The highest BCUT2D eigenvalue weighted by Crippen LogP contribution is 2.24. The maximum Gasteiger partial charge on any atom is 0.347 e. The molecule has 2 aromatic rings. The van der Waals surface area contributed by atoms with Crippen molar-refractivity contribution < 1.29 is 4.92 Å². The highest BCUT2D eigenvalue weighted by atomic mass is 16.6. The molecule has 0 aliphatic carbocycles. The molecule has 0 unspecified atom stereocenters. The van der Waals surface area contributed by atoms with Crippen molar-refractivity contribution in [3.8, 4) is 0 Å². The van der Waals surface area contributed by atoms with Gasteiger partial charge in [-0.05, 0) is 6.07 Å². The summed E-state index contributed by atoms with van der Waals surface area (Å²) in [5, 5.41) is 10.7. The first-order chi connectivity index (χ1) is 8.59. The van der Waals surface area contributed by atoms with Crippen LogP contribution in [0.15, 0.2) is 41.5 Å². The molecule has 0 bridgehead atoms. The van der Waals surface area contributed by atoms with Crippen LogP contribution in [0.3, 0.4) is 0 Å². The molecule has 18 heavy (non-hydrogen) atoms. The largest absolute Gasteiger partial charge is 0.393 e. The van der Waals surface area contributed by atoms with Crippen LogP contribution in [-0.2, 0) is 6.54 Å². The predicted octanol–water partition coefficient (Wildman–Crippen LogP) is 0.782. The van der Waals surface area contributed by atoms with E-state index in [-0.39, 0.29) is 17.9 Å². The Hall–Kier alpha value is -2.70. The molecular formula is C11H10N4O3. The van der Waals surface area contributed by atoms with Crippen molar-refractivity contribution in [3.05, 3.63) is 62.8 Å². The van der Waals surface area contributed by atoms with Gasteiger partial charge in [-0.15, -0.1) is 0 Å². The van der Waals surface area contributed by atoms with Crippen LogP contribution in [0.1, 0.15) is 5.56 Å². The summed E-state index contributed by atoms with van der Waals surface area (Å²) >= 11 is 0. The van der Waals surface area contributed by atoms with Gasteiger partial charge in [0.15, 0.2) is 0 Å². The van der Waals surface area contributed by atoms with Gasteiger partial charge in [-0.1, -0.05) is 12.1 Å². The van der Waals surface area contributed by atoms with Gasteiger partial charge >= 0.3 is 5.69 Å². The lowest BCUT2D eigenvalue weighted by molar-refractivity contribution is -0.383. The highest BCUT2D eigenvalue weighted by molar-refractivity contribution is 5.62. The highest BCUT2D eigenvalue weighted by Gasteiger charge is 2.14. The summed E-state index contributed by atoms with van der Waals surface area (Å²) in [6.07, 6.45) is 2.93. The molecule has 1 aromatic carbocycles. The molecule has 0 amide bonds. The van der Waals surface area contributed by atoms with E-state index >= 15 is 0 Å². The van der Waals surface area contributed by atoms with Gasteiger partial charge in [0, 0.05) is 24.0 Å². The summed E-state index contributed by atoms with van der Waals surface area (Å²) < 4.78 is 1.33. The number of nitrogen functional groups attached to an aromatic ring is 1. The van der Waals surface area contributed by atoms with Crippen molar-refractivity contribution >= 4 is 11.4 Å². The molecule has 7 nitrogen and oxygen atoms in total. The quantitative estimate of drug-likeness (QED) is 0.489. The Balaban J connectivity index is 2.42. The van der Waals surface area contributed by atoms with E-state index in [0.29, 0.717) is 5.56 Å². The summed E-state index contributed by atoms with van der Waals surface area (Å²) in [5.41, 5.74) is 5.70. The molecule has 0 spiro atoms. The lowest BCUT2D eigenvalue weighted by Crippen LogP contribution is -2.22. The van der Waals surface area contributed by atoms with Crippen LogP contribution in [0.4, 0.5) is 11.4 Å². The maximum atomic E-state index is 11.4. The van der Waals surface area contributed by atoms with E-state index in [1.807, 2.05) is 0 Å². The first kappa shape index (κ1) is 11.8. The first-order valence-corrected chi connectivity index (χ1v) is 5.13. The van der Waals surface area contributed by atoms with Gasteiger partial charge in [-0.25, -0.2) is 9.78 Å². The molecule has 0 saturated heterocycles. The smallest absolute Gasteiger partial charge is 0.347 e. The fourth-order valence-electron chi connectivity index (χ4n) is 1.59. The molecule has 7 heteroatoms. The van der Waals surface area contributed by atoms with Gasteiger partial charge < -0.3 is 5.73 Å². The van der Waals surface area contributed by atoms with Gasteiger partial charge in [-0.3, -0.25) is 14.7 Å². The van der Waals surface area contributed by atoms with Crippen molar-refractivity contribution in [2.75, 3.05) is 5.73 Å². The zero-order valence-electron chi connectivity index (χ0n) is 9.31. The Morgan fingerprint density at radius 1 is 1.39 bits per heavy atom. The van der Waals surface area contributed by atoms with E-state index in [2.05, 4.69) is 4.98 Å². The number of nitro benzene ring substituents is 1. The van der Waals surface area contributed by atoms with Crippen LogP contribution in [0.5, 0.6) is 0 Å². The number of aromatic nitrogens is 2. The lowest BCUT2D eigenvalue weighted by Gasteiger charge is -2.07. The summed E-state index contributed by atoms with van der Waals surface area (Å²) in [5.74, 6) is 0. The zero-order valence-corrected chi connectivity index (χ0v) is 9.31. The van der Waals surface area contributed by atoms with E-state index in [1.54, 1.807) is 18.3 Å². The molecule has 0 aliphatic heterocycles. The van der Waals surface area contributed by atoms with Crippen LogP contribution in [-0.4, -0.2) is 14.5 Å². The number of benzene rings is 1. The van der Waals surface area contributed by atoms with E-state index in [1.165, 1.54) is 22.9 Å². The Bertz CT molecular complexity index is 651. The molecule has 0 radical (unpaired) electrons. The average Bonchev–Trinajstić information content (AvgIpc) is 2.34. The van der Waals surface area contributed by atoms with Crippen LogP contribution in [0.2, 0.25) is 0 Å². The third-order valence-electron chi connectivity index (χ3n) is 2.49. The molecule has 0 atom stereocenters. The number of nitrogens with zero attached hydrogens (tertiary/aromatic N) is 3. The SMILES string of the molecule is Nc1c(Cn2cccnc2=O)cccc1[N+](=O)[O-]. The standard InChI is InChI=1S/C11H10N4O3/c12-10-8(3-1-4-9(10)15(17)18)7-14-6-2-5-13-11(14)16/h1-6H,7,12H2. The monoisotopic (exact) mass is 246 g/mol. The molecule has 1 heterocycles. The number of nitrogens with two attached hydrogens (primary N) is 1. The van der Waals surface area contributed by atoms with Gasteiger partial charge in [0.2, 0.25) is 0 Å². The van der Waals surface area contributed by atoms with E-state index in [4.69, 9.17) is 5.73 Å². The molecule has 1 aromatic heterocycles. The minimum absolute atomic E-state index is 0.0678. The number of hydrogen-bond acceptors (Lipinski definition) is 5. The molecular weight excluding hydrogens is 236 g/mol. The van der Waals surface area contributed by atoms with E-state index < -0.39 is 10.6 Å². The van der Waals surface area contributed by atoms with Gasteiger partial charge in [0.1, 0.15) is 5.69 Å². The lowest BCUT2D eigenvalue weighted by atomic mass is 10.1. The maximum absolute atomic E-state index is 11.4. The fraction of sp³-hybridized carbons (Fsp3) is 0.0909. The first-order valence-electron chi connectivity index (χ1n) is 5.13. The van der Waals surface area contributed by atoms with Gasteiger partial charge in [0.05, 0.1) is 11.5 Å². The fourth-order valence-corrected chi connectivity index (χ4v) is 1.59. The number of nitro groups is 1. The minimum atomic E-state index is -0.551. The number of hydrogen-bond donors (Lipinski definition) is 1. The Kier molecular flexibility index (Phi) is 3.05. The van der Waals surface area contributed by atoms with Crippen LogP contribution < -0.4 is 11.4 Å². The molecule has 2 N–H and O–H groups in total. The Morgan fingerprint density at radius 3 is 2.83 bits per heavy atom. The number of anilines is 1. The Labute approximate surface area is 102 Å². The van der Waals surface area contributed by atoms with Crippen LogP contribution >= 0.6 is 0 Å². The predicted molar refractivity (Wildman–Crippen MR) is 65.1 cm³/mol. The van der Waals surface area contributed by atoms with Crippen LogP contribution in [0.25, 0.3) is 0 Å². The van der Waals surface area contributed by atoms with Crippen molar-refractivity contribution in [2.45, 2.75) is 6.54 Å².